The van der Waals surface area contributed by atoms with Crippen LogP contribution < -0.4 is 5.84 Å². The van der Waals surface area contributed by atoms with Crippen LogP contribution in [0, 0.1) is 11.8 Å². The highest BCUT2D eigenvalue weighted by molar-refractivity contribution is 5.84. The molecule has 0 aromatic carbocycles. The van der Waals surface area contributed by atoms with Crippen LogP contribution in [0.25, 0.3) is 0 Å². The van der Waals surface area contributed by atoms with Crippen LogP contribution in [0.5, 0.6) is 0 Å². The maximum absolute atomic E-state index is 5.26. The van der Waals surface area contributed by atoms with Gasteiger partial charge >= 0.3 is 0 Å². The van der Waals surface area contributed by atoms with E-state index in [9.17, 15) is 0 Å². The quantitative estimate of drug-likeness (QED) is 0.379. The zero-order valence-electron chi connectivity index (χ0n) is 8.09. The molecular weight excluding hydrogens is 136 g/mol. The fourth-order valence-corrected chi connectivity index (χ4v) is 1.13. The third kappa shape index (κ3) is 5.89. The van der Waals surface area contributed by atoms with Crippen molar-refractivity contribution in [3.8, 4) is 0 Å². The standard InChI is InChI=1S/C9H20N2/c1-7(2)5-9(11-10)6-8(3)4/h7-8H,5-6,10H2,1-4H3. The molecule has 0 amide bonds. The molecule has 0 aliphatic heterocycles. The first-order chi connectivity index (χ1) is 5.06. The molecule has 2 N–H and O–H groups in total. The summed E-state index contributed by atoms with van der Waals surface area (Å²) in [7, 11) is 0. The molecule has 0 aliphatic rings. The van der Waals surface area contributed by atoms with Crippen LogP contribution in [0.1, 0.15) is 40.5 Å². The maximum atomic E-state index is 5.26. The summed E-state index contributed by atoms with van der Waals surface area (Å²) in [5.41, 5.74) is 1.15. The Hall–Kier alpha value is -0.530. The molecule has 0 atom stereocenters. The van der Waals surface area contributed by atoms with Crippen LogP contribution in [0.3, 0.4) is 0 Å². The summed E-state index contributed by atoms with van der Waals surface area (Å²) in [4.78, 5) is 0. The summed E-state index contributed by atoms with van der Waals surface area (Å²) in [5, 5.41) is 3.78. The zero-order chi connectivity index (χ0) is 8.85. The predicted octanol–water partition coefficient (Wildman–Crippen LogP) is 2.39. The Morgan fingerprint density at radius 2 is 1.45 bits per heavy atom. The van der Waals surface area contributed by atoms with Gasteiger partial charge in [0.15, 0.2) is 0 Å². The molecule has 0 rings (SSSR count). The second kappa shape index (κ2) is 5.16. The van der Waals surface area contributed by atoms with Gasteiger partial charge in [0.25, 0.3) is 0 Å². The molecule has 0 saturated carbocycles. The van der Waals surface area contributed by atoms with Gasteiger partial charge in [-0.05, 0) is 24.7 Å². The highest BCUT2D eigenvalue weighted by Gasteiger charge is 2.04. The van der Waals surface area contributed by atoms with E-state index in [-0.39, 0.29) is 0 Å². The van der Waals surface area contributed by atoms with Crippen LogP contribution in [0.2, 0.25) is 0 Å². The van der Waals surface area contributed by atoms with Crippen molar-refractivity contribution in [2.24, 2.45) is 22.8 Å². The van der Waals surface area contributed by atoms with Crippen molar-refractivity contribution in [2.75, 3.05) is 0 Å². The molecule has 0 heterocycles. The largest absolute Gasteiger partial charge is 0.323 e. The van der Waals surface area contributed by atoms with Gasteiger partial charge in [-0.2, -0.15) is 5.10 Å². The molecule has 0 bridgehead atoms. The molecule has 2 heteroatoms. The van der Waals surface area contributed by atoms with E-state index >= 15 is 0 Å². The normalized spacial score (nSPS) is 10.7. The van der Waals surface area contributed by atoms with E-state index < -0.39 is 0 Å². The number of hydrazone groups is 1. The minimum atomic E-state index is 0.663. The lowest BCUT2D eigenvalue weighted by Crippen LogP contribution is -2.09. The van der Waals surface area contributed by atoms with Crippen LogP contribution in [0.4, 0.5) is 0 Å². The first kappa shape index (κ1) is 10.5. The summed E-state index contributed by atoms with van der Waals surface area (Å²) < 4.78 is 0. The molecule has 0 saturated heterocycles. The first-order valence-corrected chi connectivity index (χ1v) is 4.31. The Morgan fingerprint density at radius 3 is 1.64 bits per heavy atom. The second-order valence-corrected chi connectivity index (χ2v) is 3.89. The van der Waals surface area contributed by atoms with E-state index in [0.717, 1.165) is 18.6 Å². The van der Waals surface area contributed by atoms with Gasteiger partial charge in [-0.1, -0.05) is 27.7 Å². The smallest absolute Gasteiger partial charge is 0.0381 e. The summed E-state index contributed by atoms with van der Waals surface area (Å²) in [6, 6.07) is 0. The lowest BCUT2D eigenvalue weighted by molar-refractivity contribution is 0.633. The Morgan fingerprint density at radius 1 is 1.09 bits per heavy atom. The number of nitrogens with zero attached hydrogens (tertiary/aromatic N) is 1. The van der Waals surface area contributed by atoms with Crippen molar-refractivity contribution >= 4 is 5.71 Å². The zero-order valence-corrected chi connectivity index (χ0v) is 8.09. The van der Waals surface area contributed by atoms with Crippen LogP contribution in [-0.4, -0.2) is 5.71 Å². The molecule has 11 heavy (non-hydrogen) atoms. The molecule has 0 spiro atoms. The Kier molecular flexibility index (Phi) is 4.92. The molecule has 0 aliphatic carbocycles. The van der Waals surface area contributed by atoms with Gasteiger partial charge in [0.05, 0.1) is 0 Å². The van der Waals surface area contributed by atoms with Crippen molar-refractivity contribution in [2.45, 2.75) is 40.5 Å². The molecule has 2 nitrogen and oxygen atoms in total. The molecular formula is C9H20N2. The van der Waals surface area contributed by atoms with Gasteiger partial charge in [-0.3, -0.25) is 0 Å². The average molecular weight is 156 g/mol. The third-order valence-corrected chi connectivity index (χ3v) is 1.47. The highest BCUT2D eigenvalue weighted by Crippen LogP contribution is 2.09. The van der Waals surface area contributed by atoms with E-state index in [0.29, 0.717) is 11.8 Å². The molecule has 0 aromatic rings. The molecule has 0 aromatic heterocycles. The van der Waals surface area contributed by atoms with Gasteiger partial charge in [0, 0.05) is 5.71 Å². The van der Waals surface area contributed by atoms with E-state index in [2.05, 4.69) is 32.8 Å². The van der Waals surface area contributed by atoms with E-state index in [4.69, 9.17) is 5.84 Å². The summed E-state index contributed by atoms with van der Waals surface area (Å²) in [5.74, 6) is 6.58. The van der Waals surface area contributed by atoms with Crippen LogP contribution >= 0.6 is 0 Å². The molecule has 66 valence electrons. The number of nitrogens with two attached hydrogens (primary N) is 1. The minimum Gasteiger partial charge on any atom is -0.323 e. The molecule has 0 radical (unpaired) electrons. The van der Waals surface area contributed by atoms with Gasteiger partial charge in [0.1, 0.15) is 0 Å². The second-order valence-electron chi connectivity index (χ2n) is 3.89. The van der Waals surface area contributed by atoms with Crippen molar-refractivity contribution in [1.82, 2.24) is 0 Å². The van der Waals surface area contributed by atoms with E-state index in [1.807, 2.05) is 0 Å². The summed E-state index contributed by atoms with van der Waals surface area (Å²) in [6.07, 6.45) is 2.07. The predicted molar refractivity (Wildman–Crippen MR) is 50.5 cm³/mol. The molecule has 0 fully saturated rings. The van der Waals surface area contributed by atoms with Crippen LogP contribution in [0.15, 0.2) is 5.10 Å². The first-order valence-electron chi connectivity index (χ1n) is 4.31. The number of rotatable bonds is 4. The van der Waals surface area contributed by atoms with E-state index in [1.54, 1.807) is 0 Å². The van der Waals surface area contributed by atoms with Gasteiger partial charge in [-0.15, -0.1) is 0 Å². The fourth-order valence-electron chi connectivity index (χ4n) is 1.13. The van der Waals surface area contributed by atoms with Crippen LogP contribution in [-0.2, 0) is 0 Å². The Balaban J connectivity index is 3.79. The third-order valence-electron chi connectivity index (χ3n) is 1.47. The van der Waals surface area contributed by atoms with Crippen molar-refractivity contribution in [3.63, 3.8) is 0 Å². The monoisotopic (exact) mass is 156 g/mol. The van der Waals surface area contributed by atoms with Crippen molar-refractivity contribution < 1.29 is 0 Å². The van der Waals surface area contributed by atoms with Gasteiger partial charge < -0.3 is 5.84 Å². The maximum Gasteiger partial charge on any atom is 0.0381 e. The lowest BCUT2D eigenvalue weighted by atomic mass is 9.99. The fraction of sp³-hybridized carbons (Fsp3) is 0.889. The molecule has 0 unspecified atom stereocenters. The van der Waals surface area contributed by atoms with Crippen molar-refractivity contribution in [3.05, 3.63) is 0 Å². The Bertz CT molecular complexity index is 114. The minimum absolute atomic E-state index is 0.663. The van der Waals surface area contributed by atoms with Gasteiger partial charge in [0.2, 0.25) is 0 Å². The van der Waals surface area contributed by atoms with Gasteiger partial charge in [-0.25, -0.2) is 0 Å². The number of hydrogen-bond acceptors (Lipinski definition) is 2. The topological polar surface area (TPSA) is 38.4 Å². The number of hydrogen-bond donors (Lipinski definition) is 1. The Labute approximate surface area is 69.9 Å². The summed E-state index contributed by atoms with van der Waals surface area (Å²) >= 11 is 0. The lowest BCUT2D eigenvalue weighted by Gasteiger charge is -2.09. The highest BCUT2D eigenvalue weighted by atomic mass is 15.1. The van der Waals surface area contributed by atoms with E-state index in [1.165, 1.54) is 0 Å². The van der Waals surface area contributed by atoms with Crippen molar-refractivity contribution in [1.29, 1.82) is 0 Å². The SMILES string of the molecule is CC(C)CC(CC(C)C)=NN. The average Bonchev–Trinajstić information content (AvgIpc) is 1.84. The summed E-state index contributed by atoms with van der Waals surface area (Å²) in [6.45, 7) is 8.74.